The first-order valence-electron chi connectivity index (χ1n) is 7.57. The Kier molecular flexibility index (Phi) is 4.35. The fourth-order valence-electron chi connectivity index (χ4n) is 3.88. The van der Waals surface area contributed by atoms with Crippen LogP contribution < -0.4 is 5.73 Å². The summed E-state index contributed by atoms with van der Waals surface area (Å²) in [4.78, 5) is 2.60. The summed E-state index contributed by atoms with van der Waals surface area (Å²) in [7, 11) is 0. The van der Waals surface area contributed by atoms with Crippen LogP contribution in [-0.2, 0) is 0 Å². The summed E-state index contributed by atoms with van der Waals surface area (Å²) in [6.45, 7) is 8.52. The zero-order chi connectivity index (χ0) is 13.2. The molecule has 106 valence electrons. The van der Waals surface area contributed by atoms with E-state index in [-0.39, 0.29) is 12.1 Å². The number of likely N-dealkylation sites (tertiary alicyclic amines) is 1. The van der Waals surface area contributed by atoms with E-state index in [9.17, 15) is 5.11 Å². The fraction of sp³-hybridized carbons (Fsp3) is 1.00. The van der Waals surface area contributed by atoms with Crippen LogP contribution in [0.4, 0.5) is 0 Å². The number of aliphatic hydroxyl groups is 1. The first kappa shape index (κ1) is 14.3. The van der Waals surface area contributed by atoms with E-state index < -0.39 is 0 Å². The highest BCUT2D eigenvalue weighted by molar-refractivity contribution is 4.96. The van der Waals surface area contributed by atoms with Crippen LogP contribution in [-0.4, -0.2) is 41.8 Å². The van der Waals surface area contributed by atoms with Crippen molar-refractivity contribution < 1.29 is 5.11 Å². The van der Waals surface area contributed by atoms with E-state index in [0.29, 0.717) is 11.3 Å². The molecule has 0 aromatic rings. The van der Waals surface area contributed by atoms with Crippen molar-refractivity contribution >= 4 is 0 Å². The summed E-state index contributed by atoms with van der Waals surface area (Å²) in [5.41, 5.74) is 6.49. The third-order valence-electron chi connectivity index (χ3n) is 5.08. The van der Waals surface area contributed by atoms with E-state index in [2.05, 4.69) is 18.7 Å². The molecule has 0 radical (unpaired) electrons. The third-order valence-corrected chi connectivity index (χ3v) is 5.08. The summed E-state index contributed by atoms with van der Waals surface area (Å²) < 4.78 is 0. The largest absolute Gasteiger partial charge is 0.394 e. The predicted octanol–water partition coefficient (Wildman–Crippen LogP) is 1.99. The Bertz CT molecular complexity index is 280. The van der Waals surface area contributed by atoms with Crippen LogP contribution in [0.25, 0.3) is 0 Å². The molecule has 0 aromatic carbocycles. The minimum absolute atomic E-state index is 0.156. The van der Waals surface area contributed by atoms with Crippen molar-refractivity contribution in [3.63, 3.8) is 0 Å². The molecule has 0 spiro atoms. The predicted molar refractivity (Wildman–Crippen MR) is 75.4 cm³/mol. The monoisotopic (exact) mass is 254 g/mol. The highest BCUT2D eigenvalue weighted by Crippen LogP contribution is 2.36. The normalized spacial score (nSPS) is 37.0. The van der Waals surface area contributed by atoms with Gasteiger partial charge in [0.2, 0.25) is 0 Å². The Labute approximate surface area is 112 Å². The van der Waals surface area contributed by atoms with Gasteiger partial charge < -0.3 is 15.7 Å². The van der Waals surface area contributed by atoms with Crippen LogP contribution in [0.3, 0.4) is 0 Å². The zero-order valence-corrected chi connectivity index (χ0v) is 12.1. The lowest BCUT2D eigenvalue weighted by Crippen LogP contribution is -2.48. The molecule has 3 heteroatoms. The second-order valence-corrected chi connectivity index (χ2v) is 7.31. The van der Waals surface area contributed by atoms with Crippen molar-refractivity contribution in [1.82, 2.24) is 4.90 Å². The molecular formula is C15H30N2O. The van der Waals surface area contributed by atoms with Gasteiger partial charge in [-0.25, -0.2) is 0 Å². The number of hydrogen-bond donors (Lipinski definition) is 2. The van der Waals surface area contributed by atoms with E-state index in [4.69, 9.17) is 5.73 Å². The molecule has 3 N–H and O–H groups in total. The number of piperidine rings is 1. The topological polar surface area (TPSA) is 49.5 Å². The number of hydrogen-bond acceptors (Lipinski definition) is 3. The van der Waals surface area contributed by atoms with Gasteiger partial charge in [0.25, 0.3) is 0 Å². The first-order chi connectivity index (χ1) is 8.45. The average Bonchev–Trinajstić information content (AvgIpc) is 2.68. The van der Waals surface area contributed by atoms with Gasteiger partial charge in [-0.05, 0) is 56.5 Å². The molecule has 2 fully saturated rings. The lowest BCUT2D eigenvalue weighted by Gasteiger charge is -2.39. The summed E-state index contributed by atoms with van der Waals surface area (Å²) in [6.07, 6.45) is 7.23. The Hall–Kier alpha value is -0.120. The standard InChI is InChI=1S/C15H30N2O/c1-14(2)7-4-9-17(11-14)10-6-13-5-3-8-15(13,16)12-18/h13,18H,3-12,16H2,1-2H3. The molecule has 1 aliphatic carbocycles. The molecule has 1 saturated heterocycles. The van der Waals surface area contributed by atoms with Crippen LogP contribution in [0.1, 0.15) is 52.4 Å². The molecule has 1 heterocycles. The molecule has 2 rings (SSSR count). The van der Waals surface area contributed by atoms with Crippen LogP contribution in [0.5, 0.6) is 0 Å². The van der Waals surface area contributed by atoms with Gasteiger partial charge in [0.1, 0.15) is 0 Å². The van der Waals surface area contributed by atoms with Crippen molar-refractivity contribution in [2.24, 2.45) is 17.1 Å². The maximum atomic E-state index is 9.48. The lowest BCUT2D eigenvalue weighted by molar-refractivity contribution is 0.0980. The highest BCUT2D eigenvalue weighted by Gasteiger charge is 2.39. The third kappa shape index (κ3) is 3.25. The number of nitrogens with zero attached hydrogens (tertiary/aromatic N) is 1. The number of aliphatic hydroxyl groups excluding tert-OH is 1. The number of rotatable bonds is 4. The smallest absolute Gasteiger partial charge is 0.0613 e. The molecule has 0 amide bonds. The molecule has 18 heavy (non-hydrogen) atoms. The van der Waals surface area contributed by atoms with Crippen LogP contribution in [0.2, 0.25) is 0 Å². The maximum absolute atomic E-state index is 9.48. The van der Waals surface area contributed by atoms with E-state index in [0.717, 1.165) is 19.4 Å². The van der Waals surface area contributed by atoms with Crippen molar-refractivity contribution in [1.29, 1.82) is 0 Å². The molecule has 1 aliphatic heterocycles. The van der Waals surface area contributed by atoms with Gasteiger partial charge in [-0.3, -0.25) is 0 Å². The van der Waals surface area contributed by atoms with Gasteiger partial charge in [-0.1, -0.05) is 20.3 Å². The SMILES string of the molecule is CC1(C)CCCN(CCC2CCCC2(N)CO)C1. The maximum Gasteiger partial charge on any atom is 0.0613 e. The Morgan fingerprint density at radius 2 is 2.06 bits per heavy atom. The average molecular weight is 254 g/mol. The van der Waals surface area contributed by atoms with Gasteiger partial charge >= 0.3 is 0 Å². The van der Waals surface area contributed by atoms with Crippen molar-refractivity contribution in [2.45, 2.75) is 57.9 Å². The van der Waals surface area contributed by atoms with Gasteiger partial charge in [0.05, 0.1) is 6.61 Å². The molecule has 3 nitrogen and oxygen atoms in total. The molecule has 0 bridgehead atoms. The van der Waals surface area contributed by atoms with Gasteiger partial charge in [0, 0.05) is 12.1 Å². The molecule has 1 saturated carbocycles. The van der Waals surface area contributed by atoms with Crippen LogP contribution in [0, 0.1) is 11.3 Å². The van der Waals surface area contributed by atoms with E-state index in [1.54, 1.807) is 0 Å². The van der Waals surface area contributed by atoms with E-state index >= 15 is 0 Å². The van der Waals surface area contributed by atoms with Crippen LogP contribution >= 0.6 is 0 Å². The second-order valence-electron chi connectivity index (χ2n) is 7.31. The van der Waals surface area contributed by atoms with E-state index in [1.807, 2.05) is 0 Å². The quantitative estimate of drug-likeness (QED) is 0.806. The minimum atomic E-state index is -0.286. The second kappa shape index (κ2) is 5.48. The summed E-state index contributed by atoms with van der Waals surface area (Å²) in [5.74, 6) is 0.521. The number of nitrogens with two attached hydrogens (primary N) is 1. The van der Waals surface area contributed by atoms with Crippen molar-refractivity contribution in [3.05, 3.63) is 0 Å². The molecular weight excluding hydrogens is 224 g/mol. The van der Waals surface area contributed by atoms with Gasteiger partial charge in [0.15, 0.2) is 0 Å². The Morgan fingerprint density at radius 1 is 1.28 bits per heavy atom. The first-order valence-corrected chi connectivity index (χ1v) is 7.57. The minimum Gasteiger partial charge on any atom is -0.394 e. The Balaban J connectivity index is 1.81. The van der Waals surface area contributed by atoms with Crippen LogP contribution in [0.15, 0.2) is 0 Å². The molecule has 0 aromatic heterocycles. The van der Waals surface area contributed by atoms with Crippen molar-refractivity contribution in [3.8, 4) is 0 Å². The molecule has 2 unspecified atom stereocenters. The Morgan fingerprint density at radius 3 is 2.72 bits per heavy atom. The van der Waals surface area contributed by atoms with Crippen molar-refractivity contribution in [2.75, 3.05) is 26.2 Å². The van der Waals surface area contributed by atoms with E-state index in [1.165, 1.54) is 38.8 Å². The summed E-state index contributed by atoms with van der Waals surface area (Å²) in [5, 5.41) is 9.48. The summed E-state index contributed by atoms with van der Waals surface area (Å²) in [6, 6.07) is 0. The molecule has 2 atom stereocenters. The molecule has 2 aliphatic rings. The van der Waals surface area contributed by atoms with Gasteiger partial charge in [-0.2, -0.15) is 0 Å². The highest BCUT2D eigenvalue weighted by atomic mass is 16.3. The fourth-order valence-corrected chi connectivity index (χ4v) is 3.88. The van der Waals surface area contributed by atoms with Gasteiger partial charge in [-0.15, -0.1) is 0 Å². The zero-order valence-electron chi connectivity index (χ0n) is 12.1. The lowest BCUT2D eigenvalue weighted by atomic mass is 9.83. The summed E-state index contributed by atoms with van der Waals surface area (Å²) >= 11 is 0.